The number of hydrogen-bond donors (Lipinski definition) is 1. The van der Waals surface area contributed by atoms with E-state index in [0.29, 0.717) is 30.4 Å². The van der Waals surface area contributed by atoms with Crippen molar-refractivity contribution in [2.75, 3.05) is 58.6 Å². The number of thioether (sulfide) groups is 1. The third kappa shape index (κ3) is 6.70. The molecule has 0 radical (unpaired) electrons. The van der Waals surface area contributed by atoms with Gasteiger partial charge in [-0.2, -0.15) is 5.10 Å². The summed E-state index contributed by atoms with van der Waals surface area (Å²) in [5.41, 5.74) is 4.16. The van der Waals surface area contributed by atoms with Gasteiger partial charge in [0.1, 0.15) is 23.9 Å². The minimum Gasteiger partial charge on any atom is -0.497 e. The Kier molecular flexibility index (Phi) is 9.34. The predicted molar refractivity (Wildman–Crippen MR) is 165 cm³/mol. The van der Waals surface area contributed by atoms with E-state index in [-0.39, 0.29) is 34.8 Å². The fourth-order valence-corrected chi connectivity index (χ4v) is 6.13. The molecule has 3 aromatic rings. The van der Waals surface area contributed by atoms with Gasteiger partial charge >= 0.3 is 0 Å². The van der Waals surface area contributed by atoms with Crippen molar-refractivity contribution in [3.63, 3.8) is 0 Å². The van der Waals surface area contributed by atoms with Crippen molar-refractivity contribution in [1.82, 2.24) is 20.0 Å². The molecule has 1 unspecified atom stereocenters. The highest BCUT2D eigenvalue weighted by molar-refractivity contribution is 8.00. The quantitative estimate of drug-likeness (QED) is 0.403. The summed E-state index contributed by atoms with van der Waals surface area (Å²) < 4.78 is 13.2. The molecule has 1 N–H and O–H groups in total. The molecule has 0 aliphatic carbocycles. The minimum atomic E-state index is -0.364. The van der Waals surface area contributed by atoms with E-state index in [1.807, 2.05) is 73.1 Å². The van der Waals surface area contributed by atoms with Crippen molar-refractivity contribution < 1.29 is 19.1 Å². The molecule has 41 heavy (non-hydrogen) atoms. The molecule has 0 bridgehead atoms. The molecule has 0 saturated heterocycles. The number of likely N-dealkylation sites (N-methyl/N-ethyl adjacent to an activating group) is 1. The fourth-order valence-electron chi connectivity index (χ4n) is 4.92. The van der Waals surface area contributed by atoms with Crippen molar-refractivity contribution >= 4 is 29.4 Å². The number of nitrogens with zero attached hydrogens (tertiary/aromatic N) is 4. The third-order valence-corrected chi connectivity index (χ3v) is 8.18. The van der Waals surface area contributed by atoms with E-state index in [9.17, 15) is 9.59 Å². The van der Waals surface area contributed by atoms with Gasteiger partial charge in [0.05, 0.1) is 36.6 Å². The topological polar surface area (TPSA) is 88.9 Å². The highest BCUT2D eigenvalue weighted by Gasteiger charge is 2.40. The van der Waals surface area contributed by atoms with Gasteiger partial charge in [0.15, 0.2) is 0 Å². The number of aromatic nitrogens is 2. The zero-order chi connectivity index (χ0) is 29.9. The van der Waals surface area contributed by atoms with Gasteiger partial charge in [0.25, 0.3) is 0 Å². The van der Waals surface area contributed by atoms with Crippen LogP contribution in [0.4, 0.5) is 5.82 Å². The zero-order valence-electron chi connectivity index (χ0n) is 25.3. The summed E-state index contributed by atoms with van der Waals surface area (Å²) >= 11 is 1.51. The van der Waals surface area contributed by atoms with E-state index in [4.69, 9.17) is 14.6 Å². The second-order valence-electron chi connectivity index (χ2n) is 11.5. The molecule has 1 aliphatic heterocycles. The molecular formula is C31H41N5O4S. The van der Waals surface area contributed by atoms with Gasteiger partial charge in [-0.1, -0.05) is 32.9 Å². The molecule has 0 fully saturated rings. The maximum Gasteiger partial charge on any atom is 0.240 e. The Morgan fingerprint density at radius 2 is 1.90 bits per heavy atom. The molecule has 0 spiro atoms. The Morgan fingerprint density at radius 3 is 2.54 bits per heavy atom. The molecule has 220 valence electrons. The maximum atomic E-state index is 13.9. The molecule has 1 aromatic heterocycles. The lowest BCUT2D eigenvalue weighted by atomic mass is 9.87. The van der Waals surface area contributed by atoms with Crippen molar-refractivity contribution in [1.29, 1.82) is 0 Å². The van der Waals surface area contributed by atoms with Gasteiger partial charge in [-0.15, -0.1) is 11.8 Å². The number of aryl methyl sites for hydroxylation is 1. The first-order valence-corrected chi connectivity index (χ1v) is 14.7. The molecule has 9 nitrogen and oxygen atoms in total. The monoisotopic (exact) mass is 579 g/mol. The van der Waals surface area contributed by atoms with Gasteiger partial charge in [0.2, 0.25) is 11.8 Å². The molecule has 2 aromatic carbocycles. The number of nitrogens with one attached hydrogen (secondary N) is 1. The van der Waals surface area contributed by atoms with E-state index in [1.54, 1.807) is 19.1 Å². The van der Waals surface area contributed by atoms with Gasteiger partial charge in [-0.25, -0.2) is 4.68 Å². The minimum absolute atomic E-state index is 0.108. The Bertz CT molecular complexity index is 1410. The number of ether oxygens (including phenoxy) is 2. The molecule has 2 amide bonds. The van der Waals surface area contributed by atoms with Crippen LogP contribution in [0.2, 0.25) is 0 Å². The van der Waals surface area contributed by atoms with Crippen molar-refractivity contribution in [3.8, 4) is 17.2 Å². The number of methoxy groups -OCH3 is 2. The SMILES string of the molecule is COc1ccc(OC)c(C2SCC(=O)N(CC(=O)NCCN(C)C)c3c2c(C(C)(C)C)nn3-c2cccc(C)c2)c1. The van der Waals surface area contributed by atoms with Crippen LogP contribution in [0.3, 0.4) is 0 Å². The summed E-state index contributed by atoms with van der Waals surface area (Å²) in [6.07, 6.45) is 0. The van der Waals surface area contributed by atoms with Crippen LogP contribution in [0, 0.1) is 6.92 Å². The standard InChI is InChI=1S/C31H41N5O4S/c1-20-10-9-11-21(16-20)36-30-27(29(33-36)31(2,3)4)28(23-17-22(39-7)12-13-24(23)40-8)41-19-26(38)35(30)18-25(37)32-14-15-34(5)6/h9-13,16-17,28H,14-15,18-19H2,1-8H3,(H,32,37). The van der Waals surface area contributed by atoms with Crippen LogP contribution in [0.1, 0.15) is 48.4 Å². The summed E-state index contributed by atoms with van der Waals surface area (Å²) in [4.78, 5) is 30.7. The Morgan fingerprint density at radius 1 is 1.15 bits per heavy atom. The molecule has 10 heteroatoms. The summed E-state index contributed by atoms with van der Waals surface area (Å²) in [6.45, 7) is 9.46. The van der Waals surface area contributed by atoms with Gasteiger partial charge in [-0.05, 0) is 56.9 Å². The summed E-state index contributed by atoms with van der Waals surface area (Å²) in [5.74, 6) is 1.80. The summed E-state index contributed by atoms with van der Waals surface area (Å²) in [7, 11) is 7.18. The van der Waals surface area contributed by atoms with Crippen LogP contribution in [0.5, 0.6) is 11.5 Å². The number of anilines is 1. The lowest BCUT2D eigenvalue weighted by Crippen LogP contribution is -2.43. The molecular weight excluding hydrogens is 538 g/mol. The van der Waals surface area contributed by atoms with Gasteiger partial charge in [-0.3, -0.25) is 14.5 Å². The van der Waals surface area contributed by atoms with Crippen LogP contribution < -0.4 is 19.7 Å². The highest BCUT2D eigenvalue weighted by Crippen LogP contribution is 2.50. The Labute approximate surface area is 247 Å². The maximum absolute atomic E-state index is 13.9. The van der Waals surface area contributed by atoms with E-state index < -0.39 is 0 Å². The van der Waals surface area contributed by atoms with Crippen molar-refractivity contribution in [3.05, 3.63) is 64.8 Å². The van der Waals surface area contributed by atoms with E-state index in [1.165, 1.54) is 11.8 Å². The average Bonchev–Trinajstić information content (AvgIpc) is 3.26. The largest absolute Gasteiger partial charge is 0.497 e. The van der Waals surface area contributed by atoms with Crippen molar-refractivity contribution in [2.45, 2.75) is 38.4 Å². The fraction of sp³-hybridized carbons (Fsp3) is 0.452. The second kappa shape index (κ2) is 12.6. The lowest BCUT2D eigenvalue weighted by Gasteiger charge is -2.25. The number of amides is 2. The number of hydrogen-bond acceptors (Lipinski definition) is 7. The molecule has 1 aliphatic rings. The van der Waals surface area contributed by atoms with Crippen molar-refractivity contribution in [2.24, 2.45) is 0 Å². The normalized spacial score (nSPS) is 15.5. The van der Waals surface area contributed by atoms with E-state index in [2.05, 4.69) is 26.1 Å². The van der Waals surface area contributed by atoms with Crippen LogP contribution >= 0.6 is 11.8 Å². The average molecular weight is 580 g/mol. The summed E-state index contributed by atoms with van der Waals surface area (Å²) in [6, 6.07) is 13.7. The molecule has 0 saturated carbocycles. The number of rotatable bonds is 9. The zero-order valence-corrected chi connectivity index (χ0v) is 26.1. The van der Waals surface area contributed by atoms with E-state index >= 15 is 0 Å². The number of carbonyl (C=O) groups excluding carboxylic acids is 2. The Hall–Kier alpha value is -3.50. The van der Waals surface area contributed by atoms with Gasteiger partial charge < -0.3 is 19.7 Å². The highest BCUT2D eigenvalue weighted by atomic mass is 32.2. The predicted octanol–water partition coefficient (Wildman–Crippen LogP) is 4.34. The van der Waals surface area contributed by atoms with Gasteiger partial charge in [0, 0.05) is 29.6 Å². The first-order chi connectivity index (χ1) is 19.4. The van der Waals surface area contributed by atoms with E-state index in [0.717, 1.165) is 28.1 Å². The Balaban J connectivity index is 1.98. The third-order valence-electron chi connectivity index (χ3n) is 6.95. The van der Waals surface area contributed by atoms with Crippen LogP contribution in [-0.2, 0) is 15.0 Å². The molecule has 1 atom stereocenters. The first-order valence-electron chi connectivity index (χ1n) is 13.7. The van der Waals surface area contributed by atoms with Crippen LogP contribution in [0.15, 0.2) is 42.5 Å². The lowest BCUT2D eigenvalue weighted by molar-refractivity contribution is -0.122. The van der Waals surface area contributed by atoms with Crippen LogP contribution in [-0.4, -0.2) is 80.2 Å². The molecule has 4 rings (SSSR count). The summed E-state index contributed by atoms with van der Waals surface area (Å²) in [5, 5.41) is 7.84. The first kappa shape index (κ1) is 30.5. The smallest absolute Gasteiger partial charge is 0.240 e. The molecule has 2 heterocycles. The number of benzene rings is 2. The van der Waals surface area contributed by atoms with Crippen LogP contribution in [0.25, 0.3) is 5.69 Å². The second-order valence-corrected chi connectivity index (χ2v) is 12.6. The number of fused-ring (bicyclic) bond motifs is 1. The number of carbonyl (C=O) groups is 2.